The van der Waals surface area contributed by atoms with E-state index in [0.29, 0.717) is 18.7 Å². The summed E-state index contributed by atoms with van der Waals surface area (Å²) in [7, 11) is 0. The Hall–Kier alpha value is -1.35. The van der Waals surface area contributed by atoms with Crippen molar-refractivity contribution in [1.82, 2.24) is 4.90 Å². The standard InChI is InChI=1S/C14H21NO2/c1-5-15(6-2)13(16)11-8-7-9-12(10-11)14(3,4)17/h7-10,17H,5-6H2,1-4H3. The number of benzene rings is 1. The van der Waals surface area contributed by atoms with Crippen LogP contribution in [-0.4, -0.2) is 29.0 Å². The minimum atomic E-state index is -0.917. The Bertz CT molecular complexity index is 389. The van der Waals surface area contributed by atoms with Crippen molar-refractivity contribution >= 4 is 5.91 Å². The van der Waals surface area contributed by atoms with Crippen LogP contribution in [0.3, 0.4) is 0 Å². The highest BCUT2D eigenvalue weighted by molar-refractivity contribution is 5.94. The lowest BCUT2D eigenvalue weighted by molar-refractivity contribution is 0.0759. The van der Waals surface area contributed by atoms with Crippen LogP contribution in [0.1, 0.15) is 43.6 Å². The summed E-state index contributed by atoms with van der Waals surface area (Å²) in [6.45, 7) is 8.74. The Kier molecular flexibility index (Phi) is 4.29. The molecule has 3 nitrogen and oxygen atoms in total. The molecule has 0 spiro atoms. The molecule has 17 heavy (non-hydrogen) atoms. The van der Waals surface area contributed by atoms with Crippen LogP contribution in [0.15, 0.2) is 24.3 Å². The number of carbonyl (C=O) groups excluding carboxylic acids is 1. The van der Waals surface area contributed by atoms with Crippen LogP contribution in [-0.2, 0) is 5.60 Å². The molecule has 0 saturated heterocycles. The third-order valence-corrected chi connectivity index (χ3v) is 2.87. The maximum Gasteiger partial charge on any atom is 0.253 e. The fourth-order valence-electron chi connectivity index (χ4n) is 1.73. The van der Waals surface area contributed by atoms with Gasteiger partial charge in [-0.3, -0.25) is 4.79 Å². The Balaban J connectivity index is 3.04. The maximum absolute atomic E-state index is 12.1. The molecule has 0 aromatic heterocycles. The molecule has 3 heteroatoms. The second-order valence-corrected chi connectivity index (χ2v) is 4.62. The molecular formula is C14H21NO2. The van der Waals surface area contributed by atoms with Gasteiger partial charge in [-0.15, -0.1) is 0 Å². The molecule has 1 amide bonds. The first-order valence-electron chi connectivity index (χ1n) is 6.02. The van der Waals surface area contributed by atoms with E-state index in [1.54, 1.807) is 30.9 Å². The average Bonchev–Trinajstić information content (AvgIpc) is 2.29. The van der Waals surface area contributed by atoms with Crippen molar-refractivity contribution in [3.63, 3.8) is 0 Å². The third-order valence-electron chi connectivity index (χ3n) is 2.87. The number of hydrogen-bond acceptors (Lipinski definition) is 2. The maximum atomic E-state index is 12.1. The molecule has 0 bridgehead atoms. The average molecular weight is 235 g/mol. The topological polar surface area (TPSA) is 40.5 Å². The van der Waals surface area contributed by atoms with Crippen LogP contribution in [0.4, 0.5) is 0 Å². The molecule has 1 rings (SSSR count). The molecule has 94 valence electrons. The predicted molar refractivity (Wildman–Crippen MR) is 68.9 cm³/mol. The van der Waals surface area contributed by atoms with Gasteiger partial charge in [0.1, 0.15) is 0 Å². The van der Waals surface area contributed by atoms with Crippen LogP contribution in [0.5, 0.6) is 0 Å². The Morgan fingerprint density at radius 3 is 2.35 bits per heavy atom. The monoisotopic (exact) mass is 235 g/mol. The van der Waals surface area contributed by atoms with Crippen LogP contribution >= 0.6 is 0 Å². The number of rotatable bonds is 4. The predicted octanol–water partition coefficient (Wildman–Crippen LogP) is 2.40. The highest BCUT2D eigenvalue weighted by Crippen LogP contribution is 2.21. The number of hydrogen-bond donors (Lipinski definition) is 1. The van der Waals surface area contributed by atoms with E-state index in [4.69, 9.17) is 0 Å². The number of aliphatic hydroxyl groups is 1. The molecular weight excluding hydrogens is 214 g/mol. The molecule has 0 radical (unpaired) electrons. The highest BCUT2D eigenvalue weighted by atomic mass is 16.3. The Morgan fingerprint density at radius 2 is 1.88 bits per heavy atom. The summed E-state index contributed by atoms with van der Waals surface area (Å²) in [5.41, 5.74) is 0.475. The van der Waals surface area contributed by atoms with Gasteiger partial charge in [0.25, 0.3) is 5.91 Å². The molecule has 0 saturated carbocycles. The first kappa shape index (κ1) is 13.7. The zero-order chi connectivity index (χ0) is 13.1. The molecule has 0 aliphatic carbocycles. The van der Waals surface area contributed by atoms with E-state index in [9.17, 15) is 9.90 Å². The summed E-state index contributed by atoms with van der Waals surface area (Å²) in [6.07, 6.45) is 0. The number of nitrogens with zero attached hydrogens (tertiary/aromatic N) is 1. The number of amides is 1. The van der Waals surface area contributed by atoms with Crippen LogP contribution in [0.2, 0.25) is 0 Å². The van der Waals surface area contributed by atoms with Crippen LogP contribution < -0.4 is 0 Å². The van der Waals surface area contributed by atoms with E-state index in [0.717, 1.165) is 5.56 Å². The van der Waals surface area contributed by atoms with Gasteiger partial charge in [-0.25, -0.2) is 0 Å². The first-order chi connectivity index (χ1) is 7.90. The lowest BCUT2D eigenvalue weighted by atomic mass is 9.96. The fraction of sp³-hybridized carbons (Fsp3) is 0.500. The number of carbonyl (C=O) groups is 1. The van der Waals surface area contributed by atoms with Gasteiger partial charge < -0.3 is 10.0 Å². The normalized spacial score (nSPS) is 11.4. The molecule has 1 aromatic carbocycles. The summed E-state index contributed by atoms with van der Waals surface area (Å²) >= 11 is 0. The molecule has 1 aromatic rings. The van der Waals surface area contributed by atoms with Gasteiger partial charge in [0.05, 0.1) is 5.60 Å². The zero-order valence-electron chi connectivity index (χ0n) is 11.0. The van der Waals surface area contributed by atoms with Gasteiger partial charge in [0.2, 0.25) is 0 Å². The van der Waals surface area contributed by atoms with Crippen LogP contribution in [0.25, 0.3) is 0 Å². The van der Waals surface area contributed by atoms with Gasteiger partial charge in [-0.05, 0) is 45.4 Å². The van der Waals surface area contributed by atoms with Crippen molar-refractivity contribution in [3.05, 3.63) is 35.4 Å². The van der Waals surface area contributed by atoms with Gasteiger partial charge in [0, 0.05) is 18.7 Å². The largest absolute Gasteiger partial charge is 0.386 e. The fourth-order valence-corrected chi connectivity index (χ4v) is 1.73. The van der Waals surface area contributed by atoms with Gasteiger partial charge in [-0.1, -0.05) is 12.1 Å². The summed E-state index contributed by atoms with van der Waals surface area (Å²) in [6, 6.07) is 7.19. The van der Waals surface area contributed by atoms with E-state index >= 15 is 0 Å². The van der Waals surface area contributed by atoms with Gasteiger partial charge in [0.15, 0.2) is 0 Å². The highest BCUT2D eigenvalue weighted by Gasteiger charge is 2.19. The molecule has 0 aliphatic rings. The van der Waals surface area contributed by atoms with Crippen molar-refractivity contribution < 1.29 is 9.90 Å². The van der Waals surface area contributed by atoms with Gasteiger partial charge >= 0.3 is 0 Å². The molecule has 0 heterocycles. The minimum absolute atomic E-state index is 0.0149. The Labute approximate surface area is 103 Å². The summed E-state index contributed by atoms with van der Waals surface area (Å²) < 4.78 is 0. The first-order valence-corrected chi connectivity index (χ1v) is 6.02. The van der Waals surface area contributed by atoms with E-state index in [1.807, 2.05) is 26.0 Å². The molecule has 0 atom stereocenters. The van der Waals surface area contributed by atoms with Crippen LogP contribution in [0, 0.1) is 0 Å². The zero-order valence-corrected chi connectivity index (χ0v) is 11.0. The minimum Gasteiger partial charge on any atom is -0.386 e. The van der Waals surface area contributed by atoms with E-state index in [1.165, 1.54) is 0 Å². The second kappa shape index (κ2) is 5.32. The second-order valence-electron chi connectivity index (χ2n) is 4.62. The molecule has 1 N–H and O–H groups in total. The van der Waals surface area contributed by atoms with Gasteiger partial charge in [-0.2, -0.15) is 0 Å². The van der Waals surface area contributed by atoms with E-state index < -0.39 is 5.60 Å². The molecule has 0 aliphatic heterocycles. The quantitative estimate of drug-likeness (QED) is 0.870. The van der Waals surface area contributed by atoms with E-state index in [2.05, 4.69) is 0 Å². The Morgan fingerprint density at radius 1 is 1.29 bits per heavy atom. The van der Waals surface area contributed by atoms with Crippen molar-refractivity contribution in [3.8, 4) is 0 Å². The third kappa shape index (κ3) is 3.30. The summed E-state index contributed by atoms with van der Waals surface area (Å²) in [4.78, 5) is 13.9. The van der Waals surface area contributed by atoms with Crippen molar-refractivity contribution in [2.45, 2.75) is 33.3 Å². The molecule has 0 fully saturated rings. The lowest BCUT2D eigenvalue weighted by Gasteiger charge is -2.21. The SMILES string of the molecule is CCN(CC)C(=O)c1cccc(C(C)(C)O)c1. The van der Waals surface area contributed by atoms with Crippen molar-refractivity contribution in [2.24, 2.45) is 0 Å². The lowest BCUT2D eigenvalue weighted by Crippen LogP contribution is -2.30. The smallest absolute Gasteiger partial charge is 0.253 e. The molecule has 0 unspecified atom stereocenters. The van der Waals surface area contributed by atoms with E-state index in [-0.39, 0.29) is 5.91 Å². The van der Waals surface area contributed by atoms with Crippen molar-refractivity contribution in [1.29, 1.82) is 0 Å². The summed E-state index contributed by atoms with van der Waals surface area (Å²) in [5.74, 6) is 0.0149. The van der Waals surface area contributed by atoms with Crippen molar-refractivity contribution in [2.75, 3.05) is 13.1 Å². The summed E-state index contributed by atoms with van der Waals surface area (Å²) in [5, 5.41) is 9.92.